The van der Waals surface area contributed by atoms with Crippen LogP contribution in [0.4, 0.5) is 0 Å². The van der Waals surface area contributed by atoms with Gasteiger partial charge in [0.25, 0.3) is 0 Å². The number of rotatable bonds is 8. The summed E-state index contributed by atoms with van der Waals surface area (Å²) in [5.74, 6) is 1.51. The number of ether oxygens (including phenoxy) is 2. The molecule has 2 heterocycles. The highest BCUT2D eigenvalue weighted by atomic mass is 16.5. The first-order valence-corrected chi connectivity index (χ1v) is 7.94. The summed E-state index contributed by atoms with van der Waals surface area (Å²) in [4.78, 5) is 0. The topological polar surface area (TPSA) is 61.4 Å². The molecular weight excluding hydrogens is 306 g/mol. The monoisotopic (exact) mass is 327 g/mol. The van der Waals surface area contributed by atoms with Crippen LogP contribution in [0.5, 0.6) is 11.5 Å². The van der Waals surface area contributed by atoms with E-state index in [1.54, 1.807) is 10.9 Å². The van der Waals surface area contributed by atoms with Crippen molar-refractivity contribution in [3.05, 3.63) is 61.2 Å². The van der Waals surface area contributed by atoms with Crippen LogP contribution in [0, 0.1) is 0 Å². The normalized spacial score (nSPS) is 12.1. The molecule has 0 fully saturated rings. The Kier molecular flexibility index (Phi) is 5.18. The third-order valence-corrected chi connectivity index (χ3v) is 3.50. The van der Waals surface area contributed by atoms with Crippen molar-refractivity contribution in [2.24, 2.45) is 0 Å². The van der Waals surface area contributed by atoms with E-state index in [1.807, 2.05) is 66.5 Å². The van der Waals surface area contributed by atoms with E-state index < -0.39 is 6.10 Å². The number of aromatic nitrogens is 3. The number of nitrogens with zero attached hydrogens (tertiary/aromatic N) is 3. The Bertz CT molecular complexity index is 735. The average Bonchev–Trinajstić information content (AvgIpc) is 3.26. The zero-order valence-electron chi connectivity index (χ0n) is 13.6. The molecule has 0 radical (unpaired) electrons. The van der Waals surface area contributed by atoms with Crippen LogP contribution in [0.2, 0.25) is 0 Å². The van der Waals surface area contributed by atoms with Crippen molar-refractivity contribution in [2.75, 3.05) is 13.2 Å². The van der Waals surface area contributed by atoms with Gasteiger partial charge in [-0.1, -0.05) is 0 Å². The lowest BCUT2D eigenvalue weighted by atomic mass is 10.3. The van der Waals surface area contributed by atoms with E-state index in [2.05, 4.69) is 5.10 Å². The fourth-order valence-electron chi connectivity index (χ4n) is 2.35. The lowest BCUT2D eigenvalue weighted by Crippen LogP contribution is -2.23. The van der Waals surface area contributed by atoms with Crippen molar-refractivity contribution in [1.82, 2.24) is 14.3 Å². The van der Waals surface area contributed by atoms with Crippen molar-refractivity contribution in [3.8, 4) is 17.2 Å². The fourth-order valence-corrected chi connectivity index (χ4v) is 2.35. The van der Waals surface area contributed by atoms with Crippen LogP contribution >= 0.6 is 0 Å². The van der Waals surface area contributed by atoms with Crippen LogP contribution in [0.25, 0.3) is 5.69 Å². The number of aliphatic hydroxyl groups is 1. The van der Waals surface area contributed by atoms with Crippen molar-refractivity contribution < 1.29 is 14.6 Å². The summed E-state index contributed by atoms with van der Waals surface area (Å²) in [6.07, 6.45) is 6.91. The molecule has 0 aliphatic heterocycles. The number of hydrogen-bond acceptors (Lipinski definition) is 4. The molecule has 126 valence electrons. The predicted molar refractivity (Wildman–Crippen MR) is 90.7 cm³/mol. The molecule has 24 heavy (non-hydrogen) atoms. The molecular formula is C18H21N3O3. The van der Waals surface area contributed by atoms with E-state index in [0.717, 1.165) is 11.4 Å². The third kappa shape index (κ3) is 4.17. The van der Waals surface area contributed by atoms with Gasteiger partial charge < -0.3 is 19.1 Å². The first-order valence-electron chi connectivity index (χ1n) is 7.94. The molecule has 3 aromatic rings. The number of aliphatic hydroxyl groups excluding tert-OH is 1. The largest absolute Gasteiger partial charge is 0.494 e. The van der Waals surface area contributed by atoms with E-state index in [-0.39, 0.29) is 6.61 Å². The molecule has 0 aliphatic carbocycles. The van der Waals surface area contributed by atoms with E-state index in [4.69, 9.17) is 9.47 Å². The Hall–Kier alpha value is -2.73. The number of benzene rings is 1. The molecule has 0 bridgehead atoms. The summed E-state index contributed by atoms with van der Waals surface area (Å²) in [5.41, 5.74) is 0.958. The predicted octanol–water partition coefficient (Wildman–Crippen LogP) is 2.51. The zero-order valence-corrected chi connectivity index (χ0v) is 13.6. The summed E-state index contributed by atoms with van der Waals surface area (Å²) in [5, 5.41) is 14.4. The van der Waals surface area contributed by atoms with Gasteiger partial charge in [0.15, 0.2) is 0 Å². The van der Waals surface area contributed by atoms with Gasteiger partial charge in [0.2, 0.25) is 0 Å². The van der Waals surface area contributed by atoms with Crippen LogP contribution in [0.15, 0.2) is 61.2 Å². The second kappa shape index (κ2) is 7.70. The van der Waals surface area contributed by atoms with Crippen LogP contribution in [-0.4, -0.2) is 38.8 Å². The summed E-state index contributed by atoms with van der Waals surface area (Å²) in [6, 6.07) is 11.3. The lowest BCUT2D eigenvalue weighted by molar-refractivity contribution is 0.0893. The summed E-state index contributed by atoms with van der Waals surface area (Å²) < 4.78 is 14.7. The van der Waals surface area contributed by atoms with Crippen molar-refractivity contribution in [2.45, 2.75) is 19.6 Å². The van der Waals surface area contributed by atoms with Crippen LogP contribution in [0.3, 0.4) is 0 Å². The minimum Gasteiger partial charge on any atom is -0.494 e. The van der Waals surface area contributed by atoms with Gasteiger partial charge in [0, 0.05) is 18.6 Å². The van der Waals surface area contributed by atoms with Gasteiger partial charge in [-0.25, -0.2) is 0 Å². The Balaban J connectivity index is 1.49. The molecule has 0 amide bonds. The molecule has 6 heteroatoms. The van der Waals surface area contributed by atoms with Crippen LogP contribution < -0.4 is 9.47 Å². The van der Waals surface area contributed by atoms with Gasteiger partial charge in [-0.2, -0.15) is 5.10 Å². The highest BCUT2D eigenvalue weighted by molar-refractivity contribution is 5.31. The Morgan fingerprint density at radius 1 is 1.08 bits per heavy atom. The standard InChI is InChI=1S/C18H21N3O3/c1-2-23-17-5-7-18(8-6-17)24-14-16(22)13-21-12-15(11-19-21)20-9-3-4-10-20/h3-12,16,22H,2,13-14H2,1H3. The minimum atomic E-state index is -0.644. The molecule has 1 aromatic carbocycles. The number of hydrogen-bond donors (Lipinski definition) is 1. The molecule has 2 aromatic heterocycles. The van der Waals surface area contributed by atoms with Gasteiger partial charge in [-0.05, 0) is 43.3 Å². The molecule has 0 saturated carbocycles. The second-order valence-electron chi connectivity index (χ2n) is 5.38. The molecule has 1 N–H and O–H groups in total. The van der Waals surface area contributed by atoms with E-state index in [1.165, 1.54) is 0 Å². The van der Waals surface area contributed by atoms with E-state index >= 15 is 0 Å². The maximum Gasteiger partial charge on any atom is 0.119 e. The van der Waals surface area contributed by atoms with Crippen molar-refractivity contribution >= 4 is 0 Å². The van der Waals surface area contributed by atoms with Crippen LogP contribution in [-0.2, 0) is 6.54 Å². The van der Waals surface area contributed by atoms with Gasteiger partial charge in [0.05, 0.1) is 25.0 Å². The zero-order chi connectivity index (χ0) is 16.8. The summed E-state index contributed by atoms with van der Waals surface area (Å²) in [6.45, 7) is 3.15. The van der Waals surface area contributed by atoms with Gasteiger partial charge >= 0.3 is 0 Å². The molecule has 0 saturated heterocycles. The molecule has 6 nitrogen and oxygen atoms in total. The lowest BCUT2D eigenvalue weighted by Gasteiger charge is -2.13. The Labute approximate surface area is 140 Å². The first kappa shape index (κ1) is 16.1. The SMILES string of the molecule is CCOc1ccc(OCC(O)Cn2cc(-n3cccc3)cn2)cc1. The highest BCUT2D eigenvalue weighted by Gasteiger charge is 2.08. The quantitative estimate of drug-likeness (QED) is 0.690. The second-order valence-corrected chi connectivity index (χ2v) is 5.38. The molecule has 0 aliphatic rings. The highest BCUT2D eigenvalue weighted by Crippen LogP contribution is 2.17. The van der Waals surface area contributed by atoms with Gasteiger partial charge in [-0.15, -0.1) is 0 Å². The van der Waals surface area contributed by atoms with E-state index in [0.29, 0.717) is 18.9 Å². The minimum absolute atomic E-state index is 0.201. The molecule has 1 unspecified atom stereocenters. The first-order chi connectivity index (χ1) is 11.7. The van der Waals surface area contributed by atoms with E-state index in [9.17, 15) is 5.11 Å². The van der Waals surface area contributed by atoms with Gasteiger partial charge in [-0.3, -0.25) is 4.68 Å². The van der Waals surface area contributed by atoms with Gasteiger partial charge in [0.1, 0.15) is 24.2 Å². The maximum atomic E-state index is 10.1. The van der Waals surface area contributed by atoms with Crippen LogP contribution in [0.1, 0.15) is 6.92 Å². The molecule has 0 spiro atoms. The Morgan fingerprint density at radius 2 is 1.75 bits per heavy atom. The fraction of sp³-hybridized carbons (Fsp3) is 0.278. The summed E-state index contributed by atoms with van der Waals surface area (Å²) >= 11 is 0. The van der Waals surface area contributed by atoms with Crippen molar-refractivity contribution in [1.29, 1.82) is 0 Å². The molecule has 3 rings (SSSR count). The summed E-state index contributed by atoms with van der Waals surface area (Å²) in [7, 11) is 0. The van der Waals surface area contributed by atoms with Crippen molar-refractivity contribution in [3.63, 3.8) is 0 Å². The third-order valence-electron chi connectivity index (χ3n) is 3.50. The Morgan fingerprint density at radius 3 is 2.42 bits per heavy atom. The molecule has 1 atom stereocenters. The smallest absolute Gasteiger partial charge is 0.119 e. The average molecular weight is 327 g/mol. The maximum absolute atomic E-state index is 10.1.